The van der Waals surface area contributed by atoms with Crippen molar-refractivity contribution in [2.75, 3.05) is 16.8 Å². The molecule has 1 aliphatic heterocycles. The van der Waals surface area contributed by atoms with Crippen LogP contribution < -0.4 is 16.0 Å². The minimum Gasteiger partial charge on any atom is -0.475 e. The van der Waals surface area contributed by atoms with E-state index in [9.17, 15) is 13.2 Å². The number of aromatic nitrogens is 1. The fourth-order valence-electron chi connectivity index (χ4n) is 4.21. The van der Waals surface area contributed by atoms with Gasteiger partial charge in [0.25, 0.3) is 0 Å². The van der Waals surface area contributed by atoms with Crippen LogP contribution in [0.2, 0.25) is 5.15 Å². The summed E-state index contributed by atoms with van der Waals surface area (Å²) in [6, 6.07) is 16.8. The molecule has 0 unspecified atom stereocenters. The van der Waals surface area contributed by atoms with Crippen LogP contribution in [0.1, 0.15) is 28.6 Å². The number of hydrogen-bond donors (Lipinski definition) is 3. The van der Waals surface area contributed by atoms with Crippen molar-refractivity contribution < 1.29 is 23.1 Å². The molecule has 3 aromatic heterocycles. The summed E-state index contributed by atoms with van der Waals surface area (Å²) < 4.78 is 33.8. The van der Waals surface area contributed by atoms with Gasteiger partial charge in [-0.1, -0.05) is 35.9 Å². The Labute approximate surface area is 238 Å². The van der Waals surface area contributed by atoms with E-state index in [4.69, 9.17) is 27.2 Å². The Morgan fingerprint density at radius 1 is 1.26 bits per heavy atom. The number of carboxylic acid groups (broad SMARTS) is 1. The number of rotatable bonds is 5. The lowest BCUT2D eigenvalue weighted by Crippen LogP contribution is -2.45. The molecule has 1 fully saturated rings. The largest absolute Gasteiger partial charge is 0.490 e. The molecule has 2 atom stereocenters. The van der Waals surface area contributed by atoms with Crippen molar-refractivity contribution in [3.05, 3.63) is 73.3 Å². The molecule has 0 aliphatic carbocycles. The van der Waals surface area contributed by atoms with Crippen LogP contribution in [0.4, 0.5) is 24.5 Å². The zero-order chi connectivity index (χ0) is 27.4. The van der Waals surface area contributed by atoms with Gasteiger partial charge in [0.1, 0.15) is 5.15 Å². The van der Waals surface area contributed by atoms with Gasteiger partial charge >= 0.3 is 12.1 Å². The molecular formula is C25H23BrClF3N4O2S2. The first kappa shape index (κ1) is 28.6. The Morgan fingerprint density at radius 2 is 1.97 bits per heavy atom. The Balaban J connectivity index is 0.000000426. The van der Waals surface area contributed by atoms with Crippen molar-refractivity contribution in [2.45, 2.75) is 37.6 Å². The van der Waals surface area contributed by atoms with Gasteiger partial charge in [0.15, 0.2) is 0 Å². The van der Waals surface area contributed by atoms with Gasteiger partial charge in [-0.15, -0.1) is 22.7 Å². The lowest BCUT2D eigenvalue weighted by atomic mass is 9.95. The summed E-state index contributed by atoms with van der Waals surface area (Å²) >= 11 is 13.8. The molecule has 4 heterocycles. The van der Waals surface area contributed by atoms with Gasteiger partial charge in [-0.05, 0) is 52.4 Å². The number of thiophene rings is 2. The fourth-order valence-corrected chi connectivity index (χ4v) is 7.26. The zero-order valence-electron chi connectivity index (χ0n) is 19.7. The van der Waals surface area contributed by atoms with Crippen molar-refractivity contribution in [2.24, 2.45) is 5.73 Å². The molecule has 1 aliphatic rings. The second-order valence-corrected chi connectivity index (χ2v) is 11.7. The zero-order valence-corrected chi connectivity index (χ0v) is 23.7. The Morgan fingerprint density at radius 3 is 2.61 bits per heavy atom. The summed E-state index contributed by atoms with van der Waals surface area (Å²) in [7, 11) is 0. The highest BCUT2D eigenvalue weighted by Gasteiger charge is 2.38. The lowest BCUT2D eigenvalue weighted by Gasteiger charge is -2.41. The second-order valence-electron chi connectivity index (χ2n) is 8.47. The topological polar surface area (TPSA) is 91.5 Å². The average Bonchev–Trinajstić information content (AvgIpc) is 3.51. The monoisotopic (exact) mass is 646 g/mol. The third-order valence-corrected chi connectivity index (χ3v) is 9.31. The molecule has 0 spiro atoms. The van der Waals surface area contributed by atoms with Crippen LogP contribution in [0.15, 0.2) is 58.4 Å². The molecule has 1 saturated heterocycles. The van der Waals surface area contributed by atoms with E-state index in [1.807, 2.05) is 6.07 Å². The van der Waals surface area contributed by atoms with E-state index < -0.39 is 12.1 Å². The van der Waals surface area contributed by atoms with Crippen molar-refractivity contribution in [1.29, 1.82) is 0 Å². The molecule has 202 valence electrons. The Bertz CT molecular complexity index is 1390. The summed E-state index contributed by atoms with van der Waals surface area (Å²) in [5.41, 5.74) is 9.81. The summed E-state index contributed by atoms with van der Waals surface area (Å²) in [6.07, 6.45) is -2.99. The molecular weight excluding hydrogens is 625 g/mol. The number of aliphatic carboxylic acids is 1. The standard InChI is InChI=1S/C23H22BrClN4S2.C2HF3O2/c24-19-20-22(17(12-18(25)28-20)27-13-15-8-5-11-30-15)31-23(19)21-16(26)9-4-10-29(21)14-6-2-1-3-7-14;3-2(4,5)1(6)7/h1-3,5-8,11-12,16,21H,4,9-10,13,26H2,(H,27,28);(H,6,7)/t16-,21+;/m1./s1. The molecule has 0 radical (unpaired) electrons. The van der Waals surface area contributed by atoms with Gasteiger partial charge in [0.2, 0.25) is 0 Å². The van der Waals surface area contributed by atoms with Gasteiger partial charge in [-0.25, -0.2) is 9.78 Å². The Kier molecular flexibility index (Phi) is 9.19. The maximum absolute atomic E-state index is 10.6. The van der Waals surface area contributed by atoms with Crippen LogP contribution in [0.5, 0.6) is 0 Å². The van der Waals surface area contributed by atoms with E-state index in [-0.39, 0.29) is 12.1 Å². The molecule has 6 nitrogen and oxygen atoms in total. The van der Waals surface area contributed by atoms with Crippen LogP contribution in [0.25, 0.3) is 10.2 Å². The van der Waals surface area contributed by atoms with Crippen LogP contribution in [0, 0.1) is 0 Å². The van der Waals surface area contributed by atoms with E-state index in [0.29, 0.717) is 5.15 Å². The Hall–Kier alpha value is -2.38. The van der Waals surface area contributed by atoms with Crippen molar-refractivity contribution in [3.8, 4) is 0 Å². The van der Waals surface area contributed by atoms with E-state index in [0.717, 1.165) is 46.3 Å². The number of halogens is 5. The predicted molar refractivity (Wildman–Crippen MR) is 151 cm³/mol. The third-order valence-electron chi connectivity index (χ3n) is 5.89. The molecule has 38 heavy (non-hydrogen) atoms. The highest BCUT2D eigenvalue weighted by atomic mass is 79.9. The van der Waals surface area contributed by atoms with Crippen LogP contribution in [-0.4, -0.2) is 34.8 Å². The minimum absolute atomic E-state index is 0.0521. The number of carbonyl (C=O) groups is 1. The van der Waals surface area contributed by atoms with Gasteiger partial charge in [0.05, 0.1) is 26.4 Å². The number of para-hydroxylation sites is 1. The summed E-state index contributed by atoms with van der Waals surface area (Å²) in [5, 5.41) is 13.3. The highest BCUT2D eigenvalue weighted by molar-refractivity contribution is 9.10. The van der Waals surface area contributed by atoms with E-state index in [2.05, 4.69) is 79.0 Å². The first-order chi connectivity index (χ1) is 18.1. The number of nitrogens with zero attached hydrogens (tertiary/aromatic N) is 2. The van der Waals surface area contributed by atoms with E-state index in [1.54, 1.807) is 22.7 Å². The lowest BCUT2D eigenvalue weighted by molar-refractivity contribution is -0.192. The fraction of sp³-hybridized carbons (Fsp3) is 0.280. The first-order valence-electron chi connectivity index (χ1n) is 11.5. The van der Waals surface area contributed by atoms with Crippen LogP contribution in [0.3, 0.4) is 0 Å². The molecule has 1 aromatic carbocycles. The molecule has 13 heteroatoms. The minimum atomic E-state index is -5.08. The molecule has 0 saturated carbocycles. The number of piperidine rings is 1. The number of nitrogens with one attached hydrogen (secondary N) is 1. The number of pyridine rings is 1. The molecule has 0 amide bonds. The predicted octanol–water partition coefficient (Wildman–Crippen LogP) is 7.69. The summed E-state index contributed by atoms with van der Waals surface area (Å²) in [4.78, 5) is 18.5. The SMILES string of the molecule is N[C@@H]1CCCN(c2ccccc2)[C@@H]1c1sc2c(NCc3cccs3)cc(Cl)nc2c1Br.O=C(O)C(F)(F)F. The second kappa shape index (κ2) is 12.2. The van der Waals surface area contributed by atoms with E-state index >= 15 is 0 Å². The van der Waals surface area contributed by atoms with Crippen molar-refractivity contribution in [1.82, 2.24) is 4.98 Å². The molecule has 5 rings (SSSR count). The van der Waals surface area contributed by atoms with Gasteiger partial charge in [-0.2, -0.15) is 13.2 Å². The summed E-state index contributed by atoms with van der Waals surface area (Å²) in [6.45, 7) is 1.75. The van der Waals surface area contributed by atoms with Crippen molar-refractivity contribution in [3.63, 3.8) is 0 Å². The molecule has 0 bridgehead atoms. The van der Waals surface area contributed by atoms with Crippen molar-refractivity contribution >= 4 is 77.8 Å². The van der Waals surface area contributed by atoms with E-state index in [1.165, 1.54) is 15.4 Å². The maximum atomic E-state index is 10.6. The summed E-state index contributed by atoms with van der Waals surface area (Å²) in [5.74, 6) is -2.76. The number of anilines is 2. The highest BCUT2D eigenvalue weighted by Crippen LogP contribution is 2.47. The third kappa shape index (κ3) is 6.60. The van der Waals surface area contributed by atoms with Crippen LogP contribution in [-0.2, 0) is 11.3 Å². The normalized spacial score (nSPS) is 17.7. The number of fused-ring (bicyclic) bond motifs is 1. The number of nitrogens with two attached hydrogens (primary N) is 1. The first-order valence-corrected chi connectivity index (χ1v) is 14.3. The maximum Gasteiger partial charge on any atom is 0.490 e. The number of alkyl halides is 3. The van der Waals surface area contributed by atoms with Gasteiger partial charge in [-0.3, -0.25) is 0 Å². The number of benzene rings is 1. The smallest absolute Gasteiger partial charge is 0.475 e. The van der Waals surface area contributed by atoms with Gasteiger partial charge < -0.3 is 21.1 Å². The number of carboxylic acids is 1. The molecule has 4 N–H and O–H groups in total. The number of hydrogen-bond acceptors (Lipinski definition) is 7. The average molecular weight is 648 g/mol. The quantitative estimate of drug-likeness (QED) is 0.193. The van der Waals surface area contributed by atoms with Crippen LogP contribution >= 0.6 is 50.2 Å². The molecule has 4 aromatic rings. The van der Waals surface area contributed by atoms with Gasteiger partial charge in [0, 0.05) is 40.6 Å².